The third-order valence-electron chi connectivity index (χ3n) is 5.42. The molecule has 160 valence electrons. The lowest BCUT2D eigenvalue weighted by Crippen LogP contribution is -2.23. The Morgan fingerprint density at radius 3 is 2.39 bits per heavy atom. The Kier molecular flexibility index (Phi) is 5.75. The monoisotopic (exact) mass is 421 g/mol. The SMILES string of the molecule is Cc1ccc(N2CCCC2)c(C(=O)Nc2ccc(F)c(NC(=O)c3ccoc3C)c2)c1. The summed E-state index contributed by atoms with van der Waals surface area (Å²) in [5.41, 5.74) is 3.14. The number of carbonyl (C=O) groups excluding carboxylic acids is 2. The number of anilines is 3. The highest BCUT2D eigenvalue weighted by molar-refractivity contribution is 6.09. The minimum atomic E-state index is -0.596. The van der Waals surface area contributed by atoms with E-state index in [1.165, 1.54) is 30.5 Å². The van der Waals surface area contributed by atoms with Gasteiger partial charge in [0.25, 0.3) is 11.8 Å². The predicted molar refractivity (Wildman–Crippen MR) is 118 cm³/mol. The first-order chi connectivity index (χ1) is 14.9. The summed E-state index contributed by atoms with van der Waals surface area (Å²) in [7, 11) is 0. The third-order valence-corrected chi connectivity index (χ3v) is 5.42. The largest absolute Gasteiger partial charge is 0.469 e. The van der Waals surface area contributed by atoms with Crippen LogP contribution in [-0.4, -0.2) is 24.9 Å². The van der Waals surface area contributed by atoms with Gasteiger partial charge in [-0.3, -0.25) is 9.59 Å². The summed E-state index contributed by atoms with van der Waals surface area (Å²) >= 11 is 0. The van der Waals surface area contributed by atoms with Crippen LogP contribution in [-0.2, 0) is 0 Å². The van der Waals surface area contributed by atoms with Crippen LogP contribution in [0.5, 0.6) is 0 Å². The molecule has 0 aliphatic carbocycles. The number of amides is 2. The maximum Gasteiger partial charge on any atom is 0.259 e. The molecule has 1 aliphatic heterocycles. The Morgan fingerprint density at radius 1 is 0.935 bits per heavy atom. The molecule has 1 fully saturated rings. The smallest absolute Gasteiger partial charge is 0.259 e. The van der Waals surface area contributed by atoms with E-state index in [1.54, 1.807) is 6.92 Å². The first kappa shape index (κ1) is 20.7. The lowest BCUT2D eigenvalue weighted by molar-refractivity contribution is 0.101. The molecule has 31 heavy (non-hydrogen) atoms. The summed E-state index contributed by atoms with van der Waals surface area (Å²) in [5.74, 6) is -0.916. The average Bonchev–Trinajstić information content (AvgIpc) is 3.42. The van der Waals surface area contributed by atoms with Crippen molar-refractivity contribution in [3.05, 3.63) is 77.0 Å². The van der Waals surface area contributed by atoms with Gasteiger partial charge in [0, 0.05) is 24.5 Å². The summed E-state index contributed by atoms with van der Waals surface area (Å²) in [4.78, 5) is 27.7. The molecule has 4 rings (SSSR count). The van der Waals surface area contributed by atoms with Crippen molar-refractivity contribution >= 4 is 28.9 Å². The number of carbonyl (C=O) groups is 2. The molecular formula is C24H24FN3O3. The Morgan fingerprint density at radius 2 is 1.68 bits per heavy atom. The molecule has 2 amide bonds. The zero-order valence-corrected chi connectivity index (χ0v) is 17.5. The van der Waals surface area contributed by atoms with Crippen molar-refractivity contribution < 1.29 is 18.4 Å². The zero-order valence-electron chi connectivity index (χ0n) is 17.5. The zero-order chi connectivity index (χ0) is 22.0. The van der Waals surface area contributed by atoms with E-state index in [9.17, 15) is 14.0 Å². The number of nitrogens with one attached hydrogen (secondary N) is 2. The molecule has 0 saturated carbocycles. The second kappa shape index (κ2) is 8.63. The van der Waals surface area contributed by atoms with Crippen LogP contribution < -0.4 is 15.5 Å². The Hall–Kier alpha value is -3.61. The molecular weight excluding hydrogens is 397 g/mol. The van der Waals surface area contributed by atoms with Gasteiger partial charge in [0.15, 0.2) is 0 Å². The summed E-state index contributed by atoms with van der Waals surface area (Å²) in [6.07, 6.45) is 3.61. The Labute approximate surface area is 180 Å². The summed E-state index contributed by atoms with van der Waals surface area (Å²) in [6.45, 7) is 5.43. The van der Waals surface area contributed by atoms with E-state index >= 15 is 0 Å². The highest BCUT2D eigenvalue weighted by Crippen LogP contribution is 2.27. The normalized spacial score (nSPS) is 13.3. The van der Waals surface area contributed by atoms with Crippen molar-refractivity contribution in [3.8, 4) is 0 Å². The molecule has 0 unspecified atom stereocenters. The lowest BCUT2D eigenvalue weighted by Gasteiger charge is -2.21. The highest BCUT2D eigenvalue weighted by Gasteiger charge is 2.20. The van der Waals surface area contributed by atoms with Crippen LogP contribution in [0.15, 0.2) is 53.1 Å². The fraction of sp³-hybridized carbons (Fsp3) is 0.250. The molecule has 6 nitrogen and oxygen atoms in total. The number of furan rings is 1. The van der Waals surface area contributed by atoms with Crippen LogP contribution in [0.1, 0.15) is 44.9 Å². The summed E-state index contributed by atoms with van der Waals surface area (Å²) in [5, 5.41) is 5.37. The fourth-order valence-corrected chi connectivity index (χ4v) is 3.77. The average molecular weight is 421 g/mol. The molecule has 0 bridgehead atoms. The number of nitrogens with zero attached hydrogens (tertiary/aromatic N) is 1. The number of halogens is 1. The van der Waals surface area contributed by atoms with Crippen LogP contribution in [0.25, 0.3) is 0 Å². The molecule has 0 radical (unpaired) electrons. The van der Waals surface area contributed by atoms with Gasteiger partial charge in [0.1, 0.15) is 11.6 Å². The predicted octanol–water partition coefficient (Wildman–Crippen LogP) is 5.14. The van der Waals surface area contributed by atoms with Gasteiger partial charge in [0.05, 0.1) is 23.1 Å². The number of aryl methyl sites for hydroxylation is 2. The molecule has 1 aromatic heterocycles. The van der Waals surface area contributed by atoms with E-state index in [0.29, 0.717) is 22.6 Å². The Balaban J connectivity index is 1.56. The van der Waals surface area contributed by atoms with Crippen LogP contribution >= 0.6 is 0 Å². The lowest BCUT2D eigenvalue weighted by atomic mass is 10.1. The van der Waals surface area contributed by atoms with Crippen molar-refractivity contribution in [2.24, 2.45) is 0 Å². The standard InChI is InChI=1S/C24H24FN3O3/c1-15-5-8-22(28-10-3-4-11-28)19(13-15)24(30)26-17-6-7-20(25)21(14-17)27-23(29)18-9-12-31-16(18)2/h5-9,12-14H,3-4,10-11H2,1-2H3,(H,26,30)(H,27,29). The van der Waals surface area contributed by atoms with Gasteiger partial charge in [-0.2, -0.15) is 0 Å². The molecule has 2 aromatic carbocycles. The Bertz CT molecular complexity index is 1130. The second-order valence-corrected chi connectivity index (χ2v) is 7.71. The van der Waals surface area contributed by atoms with Gasteiger partial charge in [-0.05, 0) is 63.1 Å². The third kappa shape index (κ3) is 4.45. The first-order valence-electron chi connectivity index (χ1n) is 10.2. The minimum Gasteiger partial charge on any atom is -0.469 e. The van der Waals surface area contributed by atoms with Gasteiger partial charge in [-0.15, -0.1) is 0 Å². The molecule has 1 aliphatic rings. The van der Waals surface area contributed by atoms with E-state index in [2.05, 4.69) is 15.5 Å². The molecule has 7 heteroatoms. The van der Waals surface area contributed by atoms with Gasteiger partial charge in [-0.25, -0.2) is 4.39 Å². The van der Waals surface area contributed by atoms with E-state index in [1.807, 2.05) is 25.1 Å². The van der Waals surface area contributed by atoms with Crippen molar-refractivity contribution in [1.82, 2.24) is 0 Å². The maximum atomic E-state index is 14.3. The quantitative estimate of drug-likeness (QED) is 0.598. The van der Waals surface area contributed by atoms with Crippen LogP contribution in [0, 0.1) is 19.7 Å². The van der Waals surface area contributed by atoms with E-state index in [0.717, 1.165) is 37.2 Å². The van der Waals surface area contributed by atoms with Crippen LogP contribution in [0.2, 0.25) is 0 Å². The van der Waals surface area contributed by atoms with Crippen molar-refractivity contribution in [1.29, 1.82) is 0 Å². The van der Waals surface area contributed by atoms with Gasteiger partial charge in [-0.1, -0.05) is 11.6 Å². The van der Waals surface area contributed by atoms with Crippen molar-refractivity contribution in [3.63, 3.8) is 0 Å². The topological polar surface area (TPSA) is 74.6 Å². The van der Waals surface area contributed by atoms with E-state index < -0.39 is 11.7 Å². The second-order valence-electron chi connectivity index (χ2n) is 7.71. The maximum absolute atomic E-state index is 14.3. The fourth-order valence-electron chi connectivity index (χ4n) is 3.77. The van der Waals surface area contributed by atoms with Gasteiger partial charge < -0.3 is 20.0 Å². The number of hydrogen-bond donors (Lipinski definition) is 2. The number of rotatable bonds is 5. The molecule has 2 N–H and O–H groups in total. The highest BCUT2D eigenvalue weighted by atomic mass is 19.1. The summed E-state index contributed by atoms with van der Waals surface area (Å²) < 4.78 is 19.4. The van der Waals surface area contributed by atoms with Crippen LogP contribution in [0.3, 0.4) is 0 Å². The molecule has 0 atom stereocenters. The molecule has 1 saturated heterocycles. The molecule has 2 heterocycles. The van der Waals surface area contributed by atoms with E-state index in [4.69, 9.17) is 4.42 Å². The summed E-state index contributed by atoms with van der Waals surface area (Å²) in [6, 6.07) is 11.4. The van der Waals surface area contributed by atoms with E-state index in [-0.39, 0.29) is 11.6 Å². The first-order valence-corrected chi connectivity index (χ1v) is 10.2. The van der Waals surface area contributed by atoms with Crippen LogP contribution in [0.4, 0.5) is 21.5 Å². The minimum absolute atomic E-state index is 0.0209. The molecule has 3 aromatic rings. The number of benzene rings is 2. The molecule has 0 spiro atoms. The van der Waals surface area contributed by atoms with Gasteiger partial charge in [0.2, 0.25) is 0 Å². The van der Waals surface area contributed by atoms with Gasteiger partial charge >= 0.3 is 0 Å². The number of hydrogen-bond acceptors (Lipinski definition) is 4. The van der Waals surface area contributed by atoms with Crippen molar-refractivity contribution in [2.45, 2.75) is 26.7 Å². The van der Waals surface area contributed by atoms with Crippen molar-refractivity contribution in [2.75, 3.05) is 28.6 Å².